The van der Waals surface area contributed by atoms with Crippen LogP contribution in [0.25, 0.3) is 34.2 Å². The van der Waals surface area contributed by atoms with Crippen molar-refractivity contribution in [2.45, 2.75) is 107 Å². The first-order valence-electron chi connectivity index (χ1n) is 38.3. The third kappa shape index (κ3) is 17.0. The number of aryl methyl sites for hydroxylation is 1. The van der Waals surface area contributed by atoms with Crippen molar-refractivity contribution >= 4 is 87.3 Å². The Kier molecular flexibility index (Phi) is 23.1. The topological polar surface area (TPSA) is 296 Å². The van der Waals surface area contributed by atoms with E-state index in [1.165, 1.54) is 34.1 Å². The monoisotopic (exact) mass is 1830 g/mol. The van der Waals surface area contributed by atoms with Gasteiger partial charge in [0.05, 0.1) is 76.9 Å². The summed E-state index contributed by atoms with van der Waals surface area (Å²) >= 11 is 13.5. The Morgan fingerprint density at radius 1 is 0.368 bits per heavy atom. The molecule has 9 aromatic heterocycles. The zero-order valence-electron chi connectivity index (χ0n) is 62.6. The number of carbonyl (C=O) groups excluding carboxylic acids is 4. The van der Waals surface area contributed by atoms with Gasteiger partial charge in [0.15, 0.2) is 17.3 Å². The van der Waals surface area contributed by atoms with E-state index in [2.05, 4.69) is 129 Å². The number of aromatic nitrogens is 15. The molecule has 13 heterocycles. The number of carbonyl (C=O) groups is 4. The predicted molar refractivity (Wildman–Crippen MR) is 436 cm³/mol. The minimum Gasteiger partial charge on any atom is -0.472 e. The van der Waals surface area contributed by atoms with E-state index in [0.29, 0.717) is 94.3 Å². The Morgan fingerprint density at radius 3 is 1.19 bits per heavy atom. The second-order valence-corrected chi connectivity index (χ2v) is 33.4. The molecule has 12 aromatic rings. The lowest BCUT2D eigenvalue weighted by atomic mass is 10.0. The molecule has 12 unspecified atom stereocenters. The number of likely N-dealkylation sites (tertiary alicyclic amines) is 4. The van der Waals surface area contributed by atoms with E-state index in [4.69, 9.17) is 18.9 Å². The summed E-state index contributed by atoms with van der Waals surface area (Å²) in [6.07, 6.45) is 26.3. The Hall–Kier alpha value is -11.3. The lowest BCUT2D eigenvalue weighted by Crippen LogP contribution is -2.47. The molecule has 8 bridgehead atoms. The molecule has 27 nitrogen and oxygen atoms in total. The van der Waals surface area contributed by atoms with Crippen molar-refractivity contribution in [3.8, 4) is 57.7 Å². The van der Waals surface area contributed by atoms with Crippen LogP contribution >= 0.6 is 63.7 Å². The molecular formula is C84H73Br4F2N19O8. The molecule has 0 spiro atoms. The number of para-hydroxylation sites is 1. The van der Waals surface area contributed by atoms with Crippen LogP contribution in [0.5, 0.6) is 23.5 Å². The molecule has 8 fully saturated rings. The maximum absolute atomic E-state index is 14.8. The molecule has 3 aromatic carbocycles. The quantitative estimate of drug-likeness (QED) is 0.0868. The van der Waals surface area contributed by atoms with E-state index >= 15 is 0 Å². The molecule has 0 radical (unpaired) electrons. The zero-order chi connectivity index (χ0) is 80.4. The lowest BCUT2D eigenvalue weighted by Gasteiger charge is -2.33. The number of halogens is 6. The number of ether oxygens (including phenoxy) is 4. The van der Waals surface area contributed by atoms with Crippen LogP contribution in [0, 0.1) is 42.2 Å². The van der Waals surface area contributed by atoms with Crippen LogP contribution in [0.15, 0.2) is 226 Å². The Bertz CT molecular complexity index is 5560. The van der Waals surface area contributed by atoms with Crippen LogP contribution in [0.2, 0.25) is 0 Å². The average molecular weight is 1830 g/mol. The number of fused-ring (bicyclic) bond motifs is 8. The first-order valence-corrected chi connectivity index (χ1v) is 41.4. The van der Waals surface area contributed by atoms with Crippen molar-refractivity contribution in [3.63, 3.8) is 0 Å². The largest absolute Gasteiger partial charge is 0.472 e. The van der Waals surface area contributed by atoms with Gasteiger partial charge in [-0.25, -0.2) is 53.6 Å². The van der Waals surface area contributed by atoms with Crippen LogP contribution in [0.1, 0.15) is 98.6 Å². The van der Waals surface area contributed by atoms with E-state index in [1.807, 2.05) is 89.5 Å². The van der Waals surface area contributed by atoms with Gasteiger partial charge in [-0.3, -0.25) is 19.2 Å². The average Bonchev–Trinajstić information content (AvgIpc) is 1.66. The maximum atomic E-state index is 14.8. The van der Waals surface area contributed by atoms with E-state index in [1.54, 1.807) is 120 Å². The van der Waals surface area contributed by atoms with E-state index < -0.39 is 11.6 Å². The SMILES string of the molecule is Cc1ccc(-n2nccn2)c(C(=O)N2CC3CC(Oc4ccc(Br)cn4)C2C3)n1.O=C(c1c(F)cccc1-c1ncccn1)N1CC2CC(Oc3ccc(Br)cn3)C1C2.O=C(c1cccc(F)c1-c1ncccn1)N1CC2CC(Oc3ccc(Br)cn3)C1C2.O=C(c1ccccc1-n1nccn1)N1CC2CC(Oc3ccc(Br)cn3)C1C2. The molecule has 4 saturated heterocycles. The van der Waals surface area contributed by atoms with Gasteiger partial charge in [0.1, 0.15) is 41.7 Å². The van der Waals surface area contributed by atoms with Crippen molar-refractivity contribution in [3.05, 3.63) is 265 Å². The number of benzene rings is 3. The summed E-state index contributed by atoms with van der Waals surface area (Å²) in [7, 11) is 0. The standard InChI is InChI=1S/2C22H18BrFN4O2.C20H19BrN6O2.C20H18BrN5O2/c23-14-5-6-19(27-11-14)30-18-10-13-9-17(18)28(12-13)22(29)15-3-1-4-16(24)20(15)21-25-7-2-8-26-21;23-14-5-6-19(27-11-14)30-18-10-13-9-17(18)28(12-13)22(29)20-15(3-1-4-16(20)24)21-25-7-2-8-26-21;1-12-2-4-15(27-23-6-7-24-27)19(25-12)20(28)26-11-13-8-16(26)17(9-13)29-18-5-3-14(21)10-22-18;21-14-5-6-19(22-11-14)28-18-10-13-9-17(18)25(12-13)20(27)15-3-1-2-4-16(15)26-23-7-8-24-26/h2*1-8,11,13,17-18H,9-10,12H2;2-7,10,13,16-17H,8-9,11H2,1H3;1-8,11,13,17-18H,9-10,12H2. The van der Waals surface area contributed by atoms with Gasteiger partial charge in [0.2, 0.25) is 23.5 Å². The molecule has 4 aliphatic heterocycles. The van der Waals surface area contributed by atoms with Crippen LogP contribution in [0.3, 0.4) is 0 Å². The number of amides is 4. The second kappa shape index (κ2) is 34.5. The van der Waals surface area contributed by atoms with Crippen LogP contribution < -0.4 is 18.9 Å². The molecule has 0 N–H and O–H groups in total. The first kappa shape index (κ1) is 78.2. The van der Waals surface area contributed by atoms with Crippen LogP contribution in [-0.4, -0.2) is 193 Å². The fourth-order valence-corrected chi connectivity index (χ4v) is 18.3. The fourth-order valence-electron chi connectivity index (χ4n) is 17.3. The van der Waals surface area contributed by atoms with Crippen molar-refractivity contribution in [2.75, 3.05) is 26.2 Å². The maximum Gasteiger partial charge on any atom is 0.275 e. The molecule has 4 saturated carbocycles. The van der Waals surface area contributed by atoms with Gasteiger partial charge < -0.3 is 38.5 Å². The highest BCUT2D eigenvalue weighted by Crippen LogP contribution is 2.46. The van der Waals surface area contributed by atoms with Gasteiger partial charge in [-0.15, -0.1) is 4.80 Å². The summed E-state index contributed by atoms with van der Waals surface area (Å²) in [5, 5.41) is 16.7. The molecular weight excluding hydrogens is 1760 g/mol. The lowest BCUT2D eigenvalue weighted by molar-refractivity contribution is 0.0459. The summed E-state index contributed by atoms with van der Waals surface area (Å²) in [4.78, 5) is 102. The Labute approximate surface area is 703 Å². The van der Waals surface area contributed by atoms with Crippen molar-refractivity contribution in [1.29, 1.82) is 0 Å². The van der Waals surface area contributed by atoms with E-state index in [0.717, 1.165) is 88.0 Å². The first-order chi connectivity index (χ1) is 57.0. The molecule has 594 valence electrons. The summed E-state index contributed by atoms with van der Waals surface area (Å²) in [5.74, 6) is 2.60. The number of hydrogen-bond acceptors (Lipinski definition) is 21. The molecule has 20 rings (SSSR count). The van der Waals surface area contributed by atoms with Gasteiger partial charge in [0, 0.05) is 129 Å². The fraction of sp³-hybridized carbons (Fsp3) is 0.298. The normalized spacial score (nSPS) is 22.7. The van der Waals surface area contributed by atoms with Crippen molar-refractivity contribution in [2.24, 2.45) is 23.7 Å². The van der Waals surface area contributed by atoms with Gasteiger partial charge in [-0.1, -0.05) is 30.3 Å². The number of hydrogen-bond donors (Lipinski definition) is 0. The Morgan fingerprint density at radius 2 is 0.752 bits per heavy atom. The molecule has 117 heavy (non-hydrogen) atoms. The minimum absolute atomic E-state index is 0.00235. The summed E-state index contributed by atoms with van der Waals surface area (Å²) in [6, 6.07) is 38.3. The second-order valence-electron chi connectivity index (χ2n) is 29.8. The number of piperidine rings is 4. The summed E-state index contributed by atoms with van der Waals surface area (Å²) in [5.41, 5.74) is 3.84. The Balaban J connectivity index is 0.000000112. The highest BCUT2D eigenvalue weighted by Gasteiger charge is 2.53. The van der Waals surface area contributed by atoms with Gasteiger partial charge in [0.25, 0.3) is 23.6 Å². The number of nitrogens with zero attached hydrogens (tertiary/aromatic N) is 19. The number of rotatable bonds is 16. The molecule has 4 amide bonds. The van der Waals surface area contributed by atoms with Crippen molar-refractivity contribution in [1.82, 2.24) is 94.4 Å². The highest BCUT2D eigenvalue weighted by molar-refractivity contribution is 9.11. The van der Waals surface area contributed by atoms with E-state index in [-0.39, 0.29) is 94.7 Å². The van der Waals surface area contributed by atoms with Crippen LogP contribution in [-0.2, 0) is 0 Å². The smallest absolute Gasteiger partial charge is 0.275 e. The van der Waals surface area contributed by atoms with Gasteiger partial charge >= 0.3 is 0 Å². The third-order valence-electron chi connectivity index (χ3n) is 22.3. The van der Waals surface area contributed by atoms with E-state index in [9.17, 15) is 28.0 Å². The molecule has 33 heteroatoms. The molecule has 12 atom stereocenters. The van der Waals surface area contributed by atoms with Gasteiger partial charge in [-0.05, 0) is 225 Å². The van der Waals surface area contributed by atoms with Crippen molar-refractivity contribution < 1.29 is 46.9 Å². The van der Waals surface area contributed by atoms with Gasteiger partial charge in [-0.2, -0.15) is 25.2 Å². The number of pyridine rings is 5. The third-order valence-corrected chi connectivity index (χ3v) is 24.2. The summed E-state index contributed by atoms with van der Waals surface area (Å²) < 4.78 is 57.5. The molecule has 8 aliphatic rings. The van der Waals surface area contributed by atoms with Crippen LogP contribution in [0.4, 0.5) is 8.78 Å². The summed E-state index contributed by atoms with van der Waals surface area (Å²) in [6.45, 7) is 4.60. The predicted octanol–water partition coefficient (Wildman–Crippen LogP) is 14.2. The highest BCUT2D eigenvalue weighted by atomic mass is 79.9. The molecule has 4 aliphatic carbocycles. The minimum atomic E-state index is -0.570. The zero-order valence-corrected chi connectivity index (χ0v) is 68.9.